The molecule has 0 bridgehead atoms. The molecule has 0 N–H and O–H groups in total. The molecule has 28 heavy (non-hydrogen) atoms. The number of ketones is 1. The van der Waals surface area contributed by atoms with Crippen molar-refractivity contribution in [3.8, 4) is 0 Å². The first-order chi connectivity index (χ1) is 13.5. The van der Waals surface area contributed by atoms with E-state index in [0.29, 0.717) is 35.9 Å². The summed E-state index contributed by atoms with van der Waals surface area (Å²) in [5, 5.41) is 5.03. The van der Waals surface area contributed by atoms with Gasteiger partial charge in [-0.1, -0.05) is 0 Å². The third-order valence-electron chi connectivity index (χ3n) is 5.09. The highest BCUT2D eigenvalue weighted by atomic mass is 32.1. The molecule has 0 aromatic carbocycles. The van der Waals surface area contributed by atoms with Crippen LogP contribution in [-0.2, 0) is 24.2 Å². The average molecular weight is 402 g/mol. The number of hydrogen-bond donors (Lipinski definition) is 0. The number of aryl methyl sites for hydroxylation is 1. The van der Waals surface area contributed by atoms with E-state index in [4.69, 9.17) is 0 Å². The number of nitrogens with zero attached hydrogens (tertiary/aromatic N) is 6. The molecular formula is C19H23FN6OS. The summed E-state index contributed by atoms with van der Waals surface area (Å²) in [4.78, 5) is 27.4. The maximum atomic E-state index is 14.7. The van der Waals surface area contributed by atoms with Crippen molar-refractivity contribution in [2.75, 3.05) is 13.1 Å². The number of rotatable bonds is 6. The normalized spacial score (nSPS) is 18.0. The van der Waals surface area contributed by atoms with Crippen molar-refractivity contribution in [3.05, 3.63) is 39.6 Å². The Morgan fingerprint density at radius 2 is 2.25 bits per heavy atom. The largest absolute Gasteiger partial charge is 0.300 e. The second kappa shape index (κ2) is 8.00. The Balaban J connectivity index is 1.45. The third kappa shape index (κ3) is 4.10. The lowest BCUT2D eigenvalue weighted by molar-refractivity contribution is -0.116. The zero-order chi connectivity index (χ0) is 19.7. The summed E-state index contributed by atoms with van der Waals surface area (Å²) in [5.41, 5.74) is 0.930. The first-order valence-electron chi connectivity index (χ1n) is 9.49. The predicted octanol–water partition coefficient (Wildman–Crippen LogP) is 2.61. The third-order valence-corrected chi connectivity index (χ3v) is 6.07. The molecule has 1 fully saturated rings. The van der Waals surface area contributed by atoms with Gasteiger partial charge in [0.15, 0.2) is 5.82 Å². The molecule has 9 heteroatoms. The number of carbonyl (C=O) groups excluding carboxylic acids is 1. The van der Waals surface area contributed by atoms with Crippen LogP contribution in [0.5, 0.6) is 0 Å². The van der Waals surface area contributed by atoms with Crippen LogP contribution in [0.3, 0.4) is 0 Å². The maximum absolute atomic E-state index is 14.7. The molecule has 1 atom stereocenters. The van der Waals surface area contributed by atoms with Crippen LogP contribution >= 0.6 is 11.3 Å². The summed E-state index contributed by atoms with van der Waals surface area (Å²) in [5.74, 6) is 0.644. The first-order valence-corrected chi connectivity index (χ1v) is 10.3. The number of likely N-dealkylation sites (tertiary alicyclic amines) is 1. The average Bonchev–Trinajstić information content (AvgIpc) is 3.28. The fourth-order valence-corrected chi connectivity index (χ4v) is 4.89. The highest BCUT2D eigenvalue weighted by Crippen LogP contribution is 2.25. The lowest BCUT2D eigenvalue weighted by atomic mass is 9.93. The predicted molar refractivity (Wildman–Crippen MR) is 104 cm³/mol. The van der Waals surface area contributed by atoms with Gasteiger partial charge in [-0.2, -0.15) is 14.6 Å². The van der Waals surface area contributed by atoms with Gasteiger partial charge in [-0.3, -0.25) is 9.69 Å². The number of carbonyl (C=O) groups is 1. The number of aromatic nitrogens is 5. The molecule has 148 valence electrons. The second-order valence-electron chi connectivity index (χ2n) is 7.48. The van der Waals surface area contributed by atoms with Crippen LogP contribution in [0.25, 0.3) is 5.78 Å². The molecule has 4 rings (SSSR count). The molecule has 3 aromatic heterocycles. The summed E-state index contributed by atoms with van der Waals surface area (Å²) in [6.45, 7) is 6.00. The lowest BCUT2D eigenvalue weighted by Crippen LogP contribution is -2.36. The number of fused-ring (bicyclic) bond motifs is 1. The number of thiazole rings is 1. The number of hydrogen-bond acceptors (Lipinski definition) is 7. The van der Waals surface area contributed by atoms with Crippen LogP contribution in [0.15, 0.2) is 12.5 Å². The van der Waals surface area contributed by atoms with E-state index in [1.165, 1.54) is 15.7 Å². The summed E-state index contributed by atoms with van der Waals surface area (Å²) in [6, 6.07) is 0. The molecule has 1 saturated heterocycles. The molecule has 0 radical (unpaired) electrons. The van der Waals surface area contributed by atoms with Crippen molar-refractivity contribution in [3.63, 3.8) is 0 Å². The van der Waals surface area contributed by atoms with Gasteiger partial charge in [-0.15, -0.1) is 11.3 Å². The smallest absolute Gasteiger partial charge is 0.252 e. The van der Waals surface area contributed by atoms with E-state index in [2.05, 4.69) is 25.0 Å². The Bertz CT molecular complexity index is 1000. The van der Waals surface area contributed by atoms with Crippen molar-refractivity contribution in [2.24, 2.45) is 5.92 Å². The van der Waals surface area contributed by atoms with Crippen molar-refractivity contribution >= 4 is 22.9 Å². The van der Waals surface area contributed by atoms with Crippen LogP contribution in [0, 0.1) is 18.7 Å². The Labute approximate surface area is 166 Å². The van der Waals surface area contributed by atoms with Crippen molar-refractivity contribution in [2.45, 2.75) is 46.1 Å². The van der Waals surface area contributed by atoms with Crippen molar-refractivity contribution in [1.29, 1.82) is 0 Å². The summed E-state index contributed by atoms with van der Waals surface area (Å²) < 4.78 is 16.2. The van der Waals surface area contributed by atoms with Gasteiger partial charge in [-0.05, 0) is 45.6 Å². The quantitative estimate of drug-likeness (QED) is 0.631. The molecule has 0 amide bonds. The van der Waals surface area contributed by atoms with Gasteiger partial charge in [0.1, 0.15) is 17.1 Å². The van der Waals surface area contributed by atoms with Gasteiger partial charge in [0.05, 0.1) is 17.8 Å². The Hall–Kier alpha value is -2.26. The fourth-order valence-electron chi connectivity index (χ4n) is 3.85. The van der Waals surface area contributed by atoms with Crippen LogP contribution < -0.4 is 0 Å². The number of piperidine rings is 1. The van der Waals surface area contributed by atoms with E-state index >= 15 is 0 Å². The maximum Gasteiger partial charge on any atom is 0.252 e. The van der Waals surface area contributed by atoms with Gasteiger partial charge < -0.3 is 0 Å². The molecule has 1 aliphatic rings. The summed E-state index contributed by atoms with van der Waals surface area (Å²) >= 11 is 1.60. The Morgan fingerprint density at radius 1 is 1.39 bits per heavy atom. The molecule has 4 heterocycles. The van der Waals surface area contributed by atoms with Crippen LogP contribution in [0.4, 0.5) is 4.39 Å². The topological polar surface area (TPSA) is 76.3 Å². The van der Waals surface area contributed by atoms with Crippen LogP contribution in [0.2, 0.25) is 0 Å². The SMILES string of the molecule is CC(=O)Cc1ncc(CN2CCCC(Cc3c(F)c(C)nc4ncnn34)C2)s1. The molecule has 1 aliphatic heterocycles. The second-order valence-corrected chi connectivity index (χ2v) is 8.68. The van der Waals surface area contributed by atoms with Gasteiger partial charge in [0.25, 0.3) is 5.78 Å². The minimum Gasteiger partial charge on any atom is -0.300 e. The summed E-state index contributed by atoms with van der Waals surface area (Å²) in [7, 11) is 0. The number of halogens is 1. The van der Waals surface area contributed by atoms with E-state index in [9.17, 15) is 9.18 Å². The minimum atomic E-state index is -0.286. The zero-order valence-electron chi connectivity index (χ0n) is 16.1. The van der Waals surface area contributed by atoms with E-state index in [-0.39, 0.29) is 11.6 Å². The summed E-state index contributed by atoms with van der Waals surface area (Å²) in [6.07, 6.45) is 6.45. The highest BCUT2D eigenvalue weighted by Gasteiger charge is 2.24. The van der Waals surface area contributed by atoms with Gasteiger partial charge in [0, 0.05) is 24.2 Å². The standard InChI is InChI=1S/C19H23FN6OS/c1-12(27)6-17-21-8-15(28-17)10-25-5-3-4-14(9-25)7-16-18(20)13(2)24-19-22-11-23-26(16)19/h8,11,14H,3-7,9-10H2,1-2H3. The molecular weight excluding hydrogens is 379 g/mol. The first kappa shape index (κ1) is 19.1. The van der Waals surface area contributed by atoms with Crippen molar-refractivity contribution in [1.82, 2.24) is 29.5 Å². The minimum absolute atomic E-state index is 0.132. The molecule has 0 aliphatic carbocycles. The monoisotopic (exact) mass is 402 g/mol. The Kier molecular flexibility index (Phi) is 5.45. The van der Waals surface area contributed by atoms with Gasteiger partial charge in [0.2, 0.25) is 0 Å². The van der Waals surface area contributed by atoms with E-state index in [0.717, 1.165) is 37.5 Å². The molecule has 3 aromatic rings. The highest BCUT2D eigenvalue weighted by molar-refractivity contribution is 7.11. The Morgan fingerprint density at radius 3 is 3.07 bits per heavy atom. The van der Waals surface area contributed by atoms with Gasteiger partial charge in [-0.25, -0.2) is 14.4 Å². The number of Topliss-reactive ketones (excluding diaryl/α,β-unsaturated/α-hetero) is 1. The molecule has 0 spiro atoms. The van der Waals surface area contributed by atoms with Crippen LogP contribution in [-0.4, -0.2) is 48.3 Å². The molecule has 0 saturated carbocycles. The fraction of sp³-hybridized carbons (Fsp3) is 0.526. The lowest BCUT2D eigenvalue weighted by Gasteiger charge is -2.32. The van der Waals surface area contributed by atoms with Crippen LogP contribution in [0.1, 0.15) is 41.0 Å². The van der Waals surface area contributed by atoms with Gasteiger partial charge >= 0.3 is 0 Å². The van der Waals surface area contributed by atoms with Crippen molar-refractivity contribution < 1.29 is 9.18 Å². The van der Waals surface area contributed by atoms with E-state index in [1.807, 2.05) is 6.20 Å². The van der Waals surface area contributed by atoms with E-state index in [1.54, 1.807) is 25.2 Å². The zero-order valence-corrected chi connectivity index (χ0v) is 16.9. The molecule has 7 nitrogen and oxygen atoms in total. The van der Waals surface area contributed by atoms with E-state index < -0.39 is 0 Å². The molecule has 1 unspecified atom stereocenters.